The molecule has 0 fully saturated rings. The molecule has 7 nitrogen and oxygen atoms in total. The average molecular weight is 460 g/mol. The summed E-state index contributed by atoms with van der Waals surface area (Å²) in [5.74, 6) is 0.0417. The Balaban J connectivity index is 1.78. The molecule has 0 bridgehead atoms. The van der Waals surface area contributed by atoms with Crippen molar-refractivity contribution in [3.05, 3.63) is 70.2 Å². The molecule has 1 heterocycles. The second-order valence-electron chi connectivity index (χ2n) is 6.71. The molecular formula is C22H25N3O4S2. The zero-order valence-electron chi connectivity index (χ0n) is 17.7. The highest BCUT2D eigenvalue weighted by molar-refractivity contribution is 7.89. The molecule has 2 aromatic carbocycles. The molecule has 0 aliphatic heterocycles. The van der Waals surface area contributed by atoms with Crippen LogP contribution < -0.4 is 10.1 Å². The Morgan fingerprint density at radius 1 is 1.13 bits per heavy atom. The van der Waals surface area contributed by atoms with E-state index in [1.54, 1.807) is 50.2 Å². The molecule has 3 rings (SSSR count). The maximum Gasteiger partial charge on any atom is 0.259 e. The van der Waals surface area contributed by atoms with E-state index in [-0.39, 0.29) is 17.4 Å². The number of anilines is 1. The lowest BCUT2D eigenvalue weighted by atomic mass is 10.2. The average Bonchev–Trinajstić information content (AvgIpc) is 3.18. The van der Waals surface area contributed by atoms with Gasteiger partial charge in [0.15, 0.2) is 0 Å². The second-order valence-corrected chi connectivity index (χ2v) is 9.71. The molecule has 0 saturated heterocycles. The van der Waals surface area contributed by atoms with Crippen LogP contribution in [-0.4, -0.2) is 36.7 Å². The van der Waals surface area contributed by atoms with E-state index in [1.165, 1.54) is 27.8 Å². The summed E-state index contributed by atoms with van der Waals surface area (Å²) in [6, 6.07) is 13.2. The van der Waals surface area contributed by atoms with Gasteiger partial charge in [0.05, 0.1) is 21.2 Å². The summed E-state index contributed by atoms with van der Waals surface area (Å²) >= 11 is 1.54. The normalized spacial score (nSPS) is 11.5. The fourth-order valence-corrected chi connectivity index (χ4v) is 5.15. The van der Waals surface area contributed by atoms with Crippen LogP contribution in [0.2, 0.25) is 0 Å². The maximum atomic E-state index is 12.9. The Labute approximate surface area is 186 Å². The van der Waals surface area contributed by atoms with E-state index in [2.05, 4.69) is 10.3 Å². The number of para-hydroxylation sites is 1. The number of sulfonamides is 1. The molecule has 164 valence electrons. The number of amides is 1. The molecule has 0 aliphatic carbocycles. The first kappa shape index (κ1) is 22.9. The molecular weight excluding hydrogens is 434 g/mol. The Kier molecular flexibility index (Phi) is 7.42. The number of hydrogen-bond acceptors (Lipinski definition) is 6. The quantitative estimate of drug-likeness (QED) is 0.515. The van der Waals surface area contributed by atoms with Crippen molar-refractivity contribution in [2.24, 2.45) is 0 Å². The minimum Gasteiger partial charge on any atom is -0.486 e. The predicted octanol–water partition coefficient (Wildman–Crippen LogP) is 4.31. The molecule has 3 aromatic rings. The molecule has 0 spiro atoms. The van der Waals surface area contributed by atoms with E-state index < -0.39 is 10.0 Å². The van der Waals surface area contributed by atoms with Crippen molar-refractivity contribution >= 4 is 33.0 Å². The maximum absolute atomic E-state index is 12.9. The molecule has 31 heavy (non-hydrogen) atoms. The summed E-state index contributed by atoms with van der Waals surface area (Å²) in [6.45, 7) is 6.50. The van der Waals surface area contributed by atoms with Crippen LogP contribution >= 0.6 is 11.3 Å². The van der Waals surface area contributed by atoms with Gasteiger partial charge in [0.1, 0.15) is 12.4 Å². The SMILES string of the molecule is CCN(CC)S(=O)(=O)c1cccc(NC(=O)c2ccccc2OCc2csc(C)n2)c1. The Hall–Kier alpha value is -2.75. The number of nitrogens with one attached hydrogen (secondary N) is 1. The number of ether oxygens (including phenoxy) is 1. The summed E-state index contributed by atoms with van der Waals surface area (Å²) in [7, 11) is -3.62. The molecule has 0 unspecified atom stereocenters. The van der Waals surface area contributed by atoms with Gasteiger partial charge in [-0.05, 0) is 37.3 Å². The van der Waals surface area contributed by atoms with Crippen molar-refractivity contribution in [2.75, 3.05) is 18.4 Å². The number of carbonyl (C=O) groups is 1. The third-order valence-electron chi connectivity index (χ3n) is 4.61. The standard InChI is InChI=1S/C22H25N3O4S2/c1-4-25(5-2)31(27,28)19-10-8-9-17(13-19)24-22(26)20-11-6-7-12-21(20)29-14-18-15-30-16(3)23-18/h6-13,15H,4-5,14H2,1-3H3,(H,24,26). The zero-order chi connectivity index (χ0) is 22.4. The van der Waals surface area contributed by atoms with Crippen LogP contribution in [0.1, 0.15) is 34.9 Å². The van der Waals surface area contributed by atoms with Crippen molar-refractivity contribution < 1.29 is 17.9 Å². The fraction of sp³-hybridized carbons (Fsp3) is 0.273. The first-order valence-corrected chi connectivity index (χ1v) is 12.2. The highest BCUT2D eigenvalue weighted by atomic mass is 32.2. The number of rotatable bonds is 9. The van der Waals surface area contributed by atoms with Crippen LogP contribution in [0.25, 0.3) is 0 Å². The van der Waals surface area contributed by atoms with Crippen molar-refractivity contribution in [2.45, 2.75) is 32.3 Å². The van der Waals surface area contributed by atoms with Crippen LogP contribution in [0.15, 0.2) is 58.8 Å². The van der Waals surface area contributed by atoms with Crippen LogP contribution in [0.4, 0.5) is 5.69 Å². The van der Waals surface area contributed by atoms with Gasteiger partial charge >= 0.3 is 0 Å². The smallest absolute Gasteiger partial charge is 0.259 e. The lowest BCUT2D eigenvalue weighted by Gasteiger charge is -2.19. The number of aromatic nitrogens is 1. The number of hydrogen-bond donors (Lipinski definition) is 1. The topological polar surface area (TPSA) is 88.6 Å². The summed E-state index contributed by atoms with van der Waals surface area (Å²) in [4.78, 5) is 17.4. The number of thiazole rings is 1. The zero-order valence-corrected chi connectivity index (χ0v) is 19.3. The molecule has 0 aliphatic rings. The van der Waals surface area contributed by atoms with Gasteiger partial charge in [-0.15, -0.1) is 11.3 Å². The first-order chi connectivity index (χ1) is 14.8. The first-order valence-electron chi connectivity index (χ1n) is 9.89. The molecule has 9 heteroatoms. The molecule has 0 atom stereocenters. The Bertz CT molecular complexity index is 1150. The van der Waals surface area contributed by atoms with Crippen molar-refractivity contribution in [1.82, 2.24) is 9.29 Å². The number of aryl methyl sites for hydroxylation is 1. The lowest BCUT2D eigenvalue weighted by molar-refractivity contribution is 0.102. The molecule has 0 saturated carbocycles. The Morgan fingerprint density at radius 3 is 2.55 bits per heavy atom. The van der Waals surface area contributed by atoms with Gasteiger partial charge in [-0.2, -0.15) is 4.31 Å². The molecule has 1 amide bonds. The van der Waals surface area contributed by atoms with Gasteiger partial charge in [0, 0.05) is 24.2 Å². The van der Waals surface area contributed by atoms with Gasteiger partial charge in [-0.25, -0.2) is 13.4 Å². The molecule has 1 aromatic heterocycles. The van der Waals surface area contributed by atoms with E-state index in [0.29, 0.717) is 30.1 Å². The second kappa shape index (κ2) is 10.0. The highest BCUT2D eigenvalue weighted by Crippen LogP contribution is 2.23. The highest BCUT2D eigenvalue weighted by Gasteiger charge is 2.22. The van der Waals surface area contributed by atoms with E-state index in [1.807, 2.05) is 12.3 Å². The van der Waals surface area contributed by atoms with Gasteiger partial charge in [-0.3, -0.25) is 4.79 Å². The van der Waals surface area contributed by atoms with Crippen LogP contribution in [-0.2, 0) is 16.6 Å². The van der Waals surface area contributed by atoms with Gasteiger partial charge in [0.25, 0.3) is 5.91 Å². The van der Waals surface area contributed by atoms with Crippen molar-refractivity contribution in [3.8, 4) is 5.75 Å². The summed E-state index contributed by atoms with van der Waals surface area (Å²) in [5.41, 5.74) is 1.54. The van der Waals surface area contributed by atoms with Crippen LogP contribution in [0, 0.1) is 6.92 Å². The molecule has 0 radical (unpaired) electrons. The van der Waals surface area contributed by atoms with Crippen molar-refractivity contribution in [3.63, 3.8) is 0 Å². The third-order valence-corrected chi connectivity index (χ3v) is 7.48. The number of benzene rings is 2. The third kappa shape index (κ3) is 5.49. The lowest BCUT2D eigenvalue weighted by Crippen LogP contribution is -2.30. The summed E-state index contributed by atoms with van der Waals surface area (Å²) < 4.78 is 32.7. The van der Waals surface area contributed by atoms with E-state index in [4.69, 9.17) is 4.74 Å². The Morgan fingerprint density at radius 2 is 1.87 bits per heavy atom. The predicted molar refractivity (Wildman–Crippen MR) is 122 cm³/mol. The minimum atomic E-state index is -3.62. The van der Waals surface area contributed by atoms with Gasteiger partial charge < -0.3 is 10.1 Å². The monoisotopic (exact) mass is 459 g/mol. The largest absolute Gasteiger partial charge is 0.486 e. The number of carbonyl (C=O) groups excluding carboxylic acids is 1. The van der Waals surface area contributed by atoms with Crippen LogP contribution in [0.3, 0.4) is 0 Å². The van der Waals surface area contributed by atoms with Crippen LogP contribution in [0.5, 0.6) is 5.75 Å². The molecule has 1 N–H and O–H groups in total. The summed E-state index contributed by atoms with van der Waals surface area (Å²) in [6.07, 6.45) is 0. The van der Waals surface area contributed by atoms with E-state index in [0.717, 1.165) is 10.7 Å². The fourth-order valence-electron chi connectivity index (χ4n) is 3.05. The van der Waals surface area contributed by atoms with Gasteiger partial charge in [-0.1, -0.05) is 32.0 Å². The number of nitrogens with zero attached hydrogens (tertiary/aromatic N) is 2. The summed E-state index contributed by atoms with van der Waals surface area (Å²) in [5, 5.41) is 5.64. The van der Waals surface area contributed by atoms with E-state index in [9.17, 15) is 13.2 Å². The van der Waals surface area contributed by atoms with E-state index >= 15 is 0 Å². The van der Waals surface area contributed by atoms with Gasteiger partial charge in [0.2, 0.25) is 10.0 Å². The minimum absolute atomic E-state index is 0.137. The van der Waals surface area contributed by atoms with Crippen molar-refractivity contribution in [1.29, 1.82) is 0 Å².